The zero-order chi connectivity index (χ0) is 14.3. The van der Waals surface area contributed by atoms with Crippen molar-refractivity contribution in [3.8, 4) is 5.75 Å². The molecule has 104 valence electrons. The van der Waals surface area contributed by atoms with Crippen molar-refractivity contribution < 1.29 is 18.3 Å². The third kappa shape index (κ3) is 4.67. The Morgan fingerprint density at radius 2 is 2.05 bits per heavy atom. The molecule has 0 fully saturated rings. The van der Waals surface area contributed by atoms with Gasteiger partial charge in [0, 0.05) is 13.1 Å². The number of hydrogen-bond acceptors (Lipinski definition) is 3. The molecule has 4 nitrogen and oxygen atoms in total. The highest BCUT2D eigenvalue weighted by atomic mass is 19.1. The van der Waals surface area contributed by atoms with E-state index in [1.54, 1.807) is 7.05 Å². The molecule has 1 amide bonds. The molecule has 0 radical (unpaired) electrons. The van der Waals surface area contributed by atoms with Crippen LogP contribution in [0, 0.1) is 11.6 Å². The molecule has 6 heteroatoms. The monoisotopic (exact) mass is 270 g/mol. The quantitative estimate of drug-likeness (QED) is 0.736. The van der Waals surface area contributed by atoms with E-state index in [9.17, 15) is 13.6 Å². The van der Waals surface area contributed by atoms with Crippen LogP contribution >= 0.6 is 0 Å². The molecule has 0 aliphatic heterocycles. The van der Waals surface area contributed by atoms with Crippen LogP contribution in [0.4, 0.5) is 8.78 Å². The summed E-state index contributed by atoms with van der Waals surface area (Å²) in [5.74, 6) is -2.69. The first-order valence-corrected chi connectivity index (χ1v) is 5.71. The molecule has 2 N–H and O–H groups in total. The van der Waals surface area contributed by atoms with Crippen molar-refractivity contribution >= 4 is 5.91 Å². The topological polar surface area (TPSA) is 50.4 Å². The highest BCUT2D eigenvalue weighted by molar-refractivity contribution is 5.77. The Morgan fingerprint density at radius 1 is 1.42 bits per heavy atom. The van der Waals surface area contributed by atoms with Gasteiger partial charge in [-0.2, -0.15) is 0 Å². The molecule has 0 unspecified atom stereocenters. The van der Waals surface area contributed by atoms with Crippen molar-refractivity contribution in [2.24, 2.45) is 0 Å². The van der Waals surface area contributed by atoms with Crippen molar-refractivity contribution in [2.75, 3.05) is 20.2 Å². The number of rotatable bonds is 7. The van der Waals surface area contributed by atoms with Gasteiger partial charge in [-0.1, -0.05) is 6.08 Å². The lowest BCUT2D eigenvalue weighted by molar-refractivity contribution is -0.122. The van der Waals surface area contributed by atoms with Crippen LogP contribution in [0.1, 0.15) is 5.56 Å². The van der Waals surface area contributed by atoms with E-state index in [0.717, 1.165) is 12.1 Å². The van der Waals surface area contributed by atoms with Gasteiger partial charge in [0.2, 0.25) is 0 Å². The summed E-state index contributed by atoms with van der Waals surface area (Å²) in [6, 6.07) is 2.33. The average Bonchev–Trinajstić information content (AvgIpc) is 2.35. The van der Waals surface area contributed by atoms with Gasteiger partial charge in [0.15, 0.2) is 24.0 Å². The fourth-order valence-corrected chi connectivity index (χ4v) is 1.43. The Labute approximate surface area is 110 Å². The molecule has 0 aliphatic carbocycles. The molecular formula is C13H16F2N2O2. The van der Waals surface area contributed by atoms with Gasteiger partial charge in [-0.05, 0) is 24.7 Å². The minimum absolute atomic E-state index is 0.272. The fourth-order valence-electron chi connectivity index (χ4n) is 1.43. The normalized spacial score (nSPS) is 10.1. The molecule has 0 bridgehead atoms. The van der Waals surface area contributed by atoms with Crippen LogP contribution < -0.4 is 15.4 Å². The number of carbonyl (C=O) groups excluding carboxylic acids is 1. The summed E-state index contributed by atoms with van der Waals surface area (Å²) >= 11 is 0. The van der Waals surface area contributed by atoms with Crippen molar-refractivity contribution in [1.29, 1.82) is 0 Å². The van der Waals surface area contributed by atoms with Gasteiger partial charge < -0.3 is 15.4 Å². The number of carbonyl (C=O) groups is 1. The van der Waals surface area contributed by atoms with Gasteiger partial charge >= 0.3 is 0 Å². The molecule has 0 saturated carbocycles. The van der Waals surface area contributed by atoms with Crippen molar-refractivity contribution in [3.63, 3.8) is 0 Å². The molecule has 1 aromatic carbocycles. The number of nitrogens with one attached hydrogen (secondary N) is 2. The van der Waals surface area contributed by atoms with Crippen molar-refractivity contribution in [2.45, 2.75) is 6.54 Å². The maximum absolute atomic E-state index is 13.6. The van der Waals surface area contributed by atoms with Gasteiger partial charge in [0.25, 0.3) is 5.91 Å². The van der Waals surface area contributed by atoms with Crippen LogP contribution in [0.15, 0.2) is 24.8 Å². The molecule has 0 atom stereocenters. The van der Waals surface area contributed by atoms with E-state index in [1.165, 1.54) is 6.08 Å². The molecule has 0 aliphatic rings. The Hall–Kier alpha value is -1.95. The smallest absolute Gasteiger partial charge is 0.258 e. The second-order valence-electron chi connectivity index (χ2n) is 3.80. The Balaban J connectivity index is 2.68. The molecule has 0 aromatic heterocycles. The maximum Gasteiger partial charge on any atom is 0.258 e. The predicted octanol–water partition coefficient (Wildman–Crippen LogP) is 1.37. The van der Waals surface area contributed by atoms with Crippen LogP contribution in [0.3, 0.4) is 0 Å². The first kappa shape index (κ1) is 15.1. The molecule has 1 rings (SSSR count). The SMILES string of the molecule is C=CCNC(=O)COc1c(F)cc(CNC)cc1F. The van der Waals surface area contributed by atoms with E-state index in [1.807, 2.05) is 0 Å². The lowest BCUT2D eigenvalue weighted by Gasteiger charge is -2.10. The summed E-state index contributed by atoms with van der Waals surface area (Å²) in [6.07, 6.45) is 1.49. The number of ether oxygens (including phenoxy) is 1. The van der Waals surface area contributed by atoms with E-state index in [2.05, 4.69) is 17.2 Å². The van der Waals surface area contributed by atoms with Gasteiger partial charge in [0.1, 0.15) is 0 Å². The third-order valence-corrected chi connectivity index (χ3v) is 2.23. The van der Waals surface area contributed by atoms with Gasteiger partial charge in [0.05, 0.1) is 0 Å². The Kier molecular flexibility index (Phi) is 5.95. The van der Waals surface area contributed by atoms with Crippen LogP contribution in [-0.2, 0) is 11.3 Å². The first-order chi connectivity index (χ1) is 9.08. The van der Waals surface area contributed by atoms with Crippen molar-refractivity contribution in [3.05, 3.63) is 42.0 Å². The van der Waals surface area contributed by atoms with E-state index in [-0.39, 0.29) is 6.54 Å². The molecule has 0 heterocycles. The largest absolute Gasteiger partial charge is 0.478 e. The van der Waals surface area contributed by atoms with Crippen LogP contribution in [0.25, 0.3) is 0 Å². The standard InChI is InChI=1S/C13H16F2N2O2/c1-3-4-17-12(18)8-19-13-10(14)5-9(7-16-2)6-11(13)15/h3,5-6,16H,1,4,7-8H2,2H3,(H,17,18). The van der Waals surface area contributed by atoms with Gasteiger partial charge in [-0.25, -0.2) is 8.78 Å². The van der Waals surface area contributed by atoms with Crippen LogP contribution in [-0.4, -0.2) is 26.1 Å². The maximum atomic E-state index is 13.6. The van der Waals surface area contributed by atoms with Crippen molar-refractivity contribution in [1.82, 2.24) is 10.6 Å². The van der Waals surface area contributed by atoms with E-state index in [0.29, 0.717) is 12.1 Å². The number of hydrogen-bond donors (Lipinski definition) is 2. The molecule has 19 heavy (non-hydrogen) atoms. The summed E-state index contributed by atoms with van der Waals surface area (Å²) in [5, 5.41) is 5.22. The Bertz CT molecular complexity index is 441. The summed E-state index contributed by atoms with van der Waals surface area (Å²) in [7, 11) is 1.67. The van der Waals surface area contributed by atoms with E-state index >= 15 is 0 Å². The summed E-state index contributed by atoms with van der Waals surface area (Å²) in [6.45, 7) is 3.59. The zero-order valence-electron chi connectivity index (χ0n) is 10.6. The third-order valence-electron chi connectivity index (χ3n) is 2.23. The fraction of sp³-hybridized carbons (Fsp3) is 0.308. The molecular weight excluding hydrogens is 254 g/mol. The van der Waals surface area contributed by atoms with E-state index < -0.39 is 29.9 Å². The number of benzene rings is 1. The Morgan fingerprint density at radius 3 is 2.58 bits per heavy atom. The first-order valence-electron chi connectivity index (χ1n) is 5.71. The summed E-state index contributed by atoms with van der Waals surface area (Å²) < 4.78 is 32.0. The molecule has 0 saturated heterocycles. The summed E-state index contributed by atoms with van der Waals surface area (Å²) in [4.78, 5) is 11.2. The molecule has 1 aromatic rings. The summed E-state index contributed by atoms with van der Waals surface area (Å²) in [5.41, 5.74) is 0.459. The highest BCUT2D eigenvalue weighted by Gasteiger charge is 2.13. The van der Waals surface area contributed by atoms with Crippen LogP contribution in [0.5, 0.6) is 5.75 Å². The zero-order valence-corrected chi connectivity index (χ0v) is 10.6. The van der Waals surface area contributed by atoms with Crippen LogP contribution in [0.2, 0.25) is 0 Å². The minimum atomic E-state index is -0.832. The lowest BCUT2D eigenvalue weighted by Crippen LogP contribution is -2.29. The number of amides is 1. The second-order valence-corrected chi connectivity index (χ2v) is 3.80. The highest BCUT2D eigenvalue weighted by Crippen LogP contribution is 2.23. The minimum Gasteiger partial charge on any atom is -0.478 e. The second kappa shape index (κ2) is 7.48. The van der Waals surface area contributed by atoms with E-state index in [4.69, 9.17) is 4.74 Å². The number of halogens is 2. The lowest BCUT2D eigenvalue weighted by atomic mass is 10.2. The van der Waals surface area contributed by atoms with Gasteiger partial charge in [-0.3, -0.25) is 4.79 Å². The molecule has 0 spiro atoms. The van der Waals surface area contributed by atoms with Gasteiger partial charge in [-0.15, -0.1) is 6.58 Å². The average molecular weight is 270 g/mol. The predicted molar refractivity (Wildman–Crippen MR) is 67.8 cm³/mol.